The van der Waals surface area contributed by atoms with Crippen LogP contribution in [0.1, 0.15) is 60.3 Å². The molecule has 0 atom stereocenters. The second-order valence-electron chi connectivity index (χ2n) is 3.68. The fourth-order valence-electron chi connectivity index (χ4n) is 1.78. The molecule has 0 saturated carbocycles. The Balaban J connectivity index is -0.000000355. The van der Waals surface area contributed by atoms with Gasteiger partial charge < -0.3 is 10.2 Å². The van der Waals surface area contributed by atoms with Gasteiger partial charge in [-0.15, -0.1) is 6.04 Å². The second-order valence-corrected chi connectivity index (χ2v) is 3.68. The van der Waals surface area contributed by atoms with E-state index in [1.165, 1.54) is 45.3 Å². The molecule has 1 radical (unpaired) electrons. The fraction of sp³-hybridized carbons (Fsp3) is 1.00. The van der Waals surface area contributed by atoms with Gasteiger partial charge in [0.1, 0.15) is 0 Å². The third kappa shape index (κ3) is 13.3. The molecule has 1 rings (SSSR count). The van der Waals surface area contributed by atoms with Crippen molar-refractivity contribution in [1.29, 1.82) is 0 Å². The van der Waals surface area contributed by atoms with Gasteiger partial charge in [-0.3, -0.25) is 0 Å². The molecule has 1 aliphatic heterocycles. The van der Waals surface area contributed by atoms with Crippen molar-refractivity contribution in [3.8, 4) is 0 Å². The van der Waals surface area contributed by atoms with E-state index in [1.807, 2.05) is 34.7 Å². The molecule has 0 aromatic carbocycles. The first-order valence-corrected chi connectivity index (χ1v) is 7.18. The van der Waals surface area contributed by atoms with Crippen LogP contribution in [0, 0.1) is 0 Å². The number of rotatable bonds is 4. The molecule has 17 heavy (non-hydrogen) atoms. The molecule has 0 aliphatic carbocycles. The van der Waals surface area contributed by atoms with E-state index in [-0.39, 0.29) is 32.7 Å². The molecule has 1 heterocycles. The Morgan fingerprint density at radius 1 is 1.06 bits per heavy atom. The summed E-state index contributed by atoms with van der Waals surface area (Å²) in [6, 6.07) is 0.655. The third-order valence-electron chi connectivity index (χ3n) is 2.75. The average molecular weight is 318 g/mol. The zero-order valence-electron chi connectivity index (χ0n) is 13.0. The molecule has 0 unspecified atom stereocenters. The molecule has 0 aromatic rings. The zero-order chi connectivity index (χ0) is 12.8. The van der Waals surface area contributed by atoms with Gasteiger partial charge in [-0.25, -0.2) is 0 Å². The summed E-state index contributed by atoms with van der Waals surface area (Å²) in [6.45, 7) is 14.1. The summed E-state index contributed by atoms with van der Waals surface area (Å²) in [6.07, 6.45) is 5.23. The van der Waals surface area contributed by atoms with Gasteiger partial charge in [0, 0.05) is 32.7 Å². The van der Waals surface area contributed by atoms with Gasteiger partial charge in [-0.05, 0) is 26.1 Å². The molecule has 1 saturated heterocycles. The summed E-state index contributed by atoms with van der Waals surface area (Å²) in [5.41, 5.74) is 0. The van der Waals surface area contributed by atoms with Crippen molar-refractivity contribution in [2.45, 2.75) is 66.3 Å². The van der Waals surface area contributed by atoms with Crippen LogP contribution in [-0.4, -0.2) is 37.6 Å². The Morgan fingerprint density at radius 2 is 1.53 bits per heavy atom. The molecular formula is C14H33N2Y-. The maximum atomic E-state index is 4.34. The van der Waals surface area contributed by atoms with E-state index in [2.05, 4.69) is 17.1 Å². The standard InChI is InChI=1S/C10H21N2.2C2H6.Y/c1-3-4-7-12-8-5-10(11-2)6-9-12;2*1-2;/h10H,3-9H2,1-2H3;2*1-2H3;/q-1;;;. The summed E-state index contributed by atoms with van der Waals surface area (Å²) >= 11 is 0. The third-order valence-corrected chi connectivity index (χ3v) is 2.75. The van der Waals surface area contributed by atoms with Crippen LogP contribution >= 0.6 is 0 Å². The van der Waals surface area contributed by atoms with E-state index in [0.717, 1.165) is 0 Å². The minimum Gasteiger partial charge on any atom is -0.662 e. The van der Waals surface area contributed by atoms with Gasteiger partial charge in [0.2, 0.25) is 0 Å². The minimum atomic E-state index is 0. The van der Waals surface area contributed by atoms with Crippen molar-refractivity contribution in [2.24, 2.45) is 0 Å². The Morgan fingerprint density at radius 3 is 1.88 bits per heavy atom. The van der Waals surface area contributed by atoms with E-state index in [4.69, 9.17) is 0 Å². The first-order valence-electron chi connectivity index (χ1n) is 7.18. The summed E-state index contributed by atoms with van der Waals surface area (Å²) in [5.74, 6) is 0. The van der Waals surface area contributed by atoms with Gasteiger partial charge in [0.25, 0.3) is 0 Å². The van der Waals surface area contributed by atoms with Gasteiger partial charge in [-0.2, -0.15) is 7.05 Å². The summed E-state index contributed by atoms with van der Waals surface area (Å²) in [5, 5.41) is 4.34. The molecule has 0 bridgehead atoms. The Bertz CT molecular complexity index is 113. The summed E-state index contributed by atoms with van der Waals surface area (Å²) < 4.78 is 0. The van der Waals surface area contributed by atoms with Crippen molar-refractivity contribution < 1.29 is 32.7 Å². The van der Waals surface area contributed by atoms with Crippen LogP contribution in [0.4, 0.5) is 0 Å². The van der Waals surface area contributed by atoms with E-state index in [0.29, 0.717) is 6.04 Å². The molecule has 3 heteroatoms. The summed E-state index contributed by atoms with van der Waals surface area (Å²) in [7, 11) is 1.95. The quantitative estimate of drug-likeness (QED) is 0.755. The molecule has 0 aromatic heterocycles. The predicted octanol–water partition coefficient (Wildman–Crippen LogP) is 4.30. The van der Waals surface area contributed by atoms with Crippen LogP contribution in [0.2, 0.25) is 0 Å². The maximum Gasteiger partial charge on any atom is 0 e. The van der Waals surface area contributed by atoms with Crippen molar-refractivity contribution >= 4 is 0 Å². The summed E-state index contributed by atoms with van der Waals surface area (Å²) in [4.78, 5) is 2.57. The number of piperidine rings is 1. The minimum absolute atomic E-state index is 0. The monoisotopic (exact) mass is 318 g/mol. The Kier molecular flexibility index (Phi) is 26.4. The van der Waals surface area contributed by atoms with Crippen LogP contribution in [0.15, 0.2) is 0 Å². The largest absolute Gasteiger partial charge is 0.662 e. The number of hydrogen-bond acceptors (Lipinski definition) is 1. The van der Waals surface area contributed by atoms with Crippen molar-refractivity contribution in [3.05, 3.63) is 5.32 Å². The molecule has 0 amide bonds. The molecule has 1 aliphatic rings. The molecule has 1 fully saturated rings. The molecule has 0 spiro atoms. The molecular weight excluding hydrogens is 285 g/mol. The Labute approximate surface area is 135 Å². The molecule has 2 nitrogen and oxygen atoms in total. The number of nitrogens with zero attached hydrogens (tertiary/aromatic N) is 2. The van der Waals surface area contributed by atoms with Crippen molar-refractivity contribution in [3.63, 3.8) is 0 Å². The van der Waals surface area contributed by atoms with Crippen LogP contribution in [0.3, 0.4) is 0 Å². The number of likely N-dealkylation sites (tertiary alicyclic amines) is 1. The van der Waals surface area contributed by atoms with Crippen molar-refractivity contribution in [1.82, 2.24) is 4.90 Å². The van der Waals surface area contributed by atoms with Gasteiger partial charge >= 0.3 is 0 Å². The average Bonchev–Trinajstić information content (AvgIpc) is 2.41. The fourth-order valence-corrected chi connectivity index (χ4v) is 1.78. The smallest absolute Gasteiger partial charge is 0 e. The van der Waals surface area contributed by atoms with Crippen LogP contribution in [0.25, 0.3) is 5.32 Å². The second kappa shape index (κ2) is 19.4. The van der Waals surface area contributed by atoms with Gasteiger partial charge in [0.05, 0.1) is 0 Å². The van der Waals surface area contributed by atoms with Crippen LogP contribution in [0.5, 0.6) is 0 Å². The normalized spacial score (nSPS) is 15.9. The van der Waals surface area contributed by atoms with Crippen LogP contribution < -0.4 is 0 Å². The van der Waals surface area contributed by atoms with Gasteiger partial charge in [0.15, 0.2) is 0 Å². The number of unbranched alkanes of at least 4 members (excludes halogenated alkanes) is 1. The molecule has 0 N–H and O–H groups in total. The van der Waals surface area contributed by atoms with Crippen molar-refractivity contribution in [2.75, 3.05) is 26.7 Å². The van der Waals surface area contributed by atoms with Gasteiger partial charge in [-0.1, -0.05) is 53.9 Å². The zero-order valence-corrected chi connectivity index (χ0v) is 15.8. The number of hydrogen-bond donors (Lipinski definition) is 0. The topological polar surface area (TPSA) is 17.3 Å². The van der Waals surface area contributed by atoms with E-state index in [9.17, 15) is 0 Å². The first kappa shape index (κ1) is 23.1. The maximum absolute atomic E-state index is 4.34. The SMILES string of the molecule is CC.CC.CCCCN1CCC([N-]C)CC1.[Y]. The first-order chi connectivity index (χ1) is 7.86. The Hall–Kier alpha value is 1.02. The van der Waals surface area contributed by atoms with E-state index >= 15 is 0 Å². The van der Waals surface area contributed by atoms with E-state index < -0.39 is 0 Å². The van der Waals surface area contributed by atoms with Crippen LogP contribution in [-0.2, 0) is 32.7 Å². The predicted molar refractivity (Wildman–Crippen MR) is 76.3 cm³/mol. The molecule has 103 valence electrons. The van der Waals surface area contributed by atoms with E-state index in [1.54, 1.807) is 0 Å².